The molecule has 0 saturated heterocycles. The smallest absolute Gasteiger partial charge is 0.258 e. The number of rotatable bonds is 3. The van der Waals surface area contributed by atoms with Crippen LogP contribution < -0.4 is 10.1 Å². The van der Waals surface area contributed by atoms with Crippen LogP contribution in [0, 0.1) is 5.82 Å². The predicted molar refractivity (Wildman–Crippen MR) is 70.8 cm³/mol. The number of carbonyl (C=O) groups is 1. The van der Waals surface area contributed by atoms with Gasteiger partial charge in [-0.25, -0.2) is 4.39 Å². The van der Waals surface area contributed by atoms with E-state index < -0.39 is 11.7 Å². The van der Waals surface area contributed by atoms with Crippen LogP contribution in [0.3, 0.4) is 0 Å². The van der Waals surface area contributed by atoms with E-state index in [2.05, 4.69) is 21.2 Å². The lowest BCUT2D eigenvalue weighted by Crippen LogP contribution is -2.38. The molecule has 0 aromatic heterocycles. The summed E-state index contributed by atoms with van der Waals surface area (Å²) in [6.45, 7) is 0. The van der Waals surface area contributed by atoms with Crippen molar-refractivity contribution in [2.75, 3.05) is 7.11 Å². The van der Waals surface area contributed by atoms with Gasteiger partial charge in [0.1, 0.15) is 17.1 Å². The second-order valence-electron chi connectivity index (χ2n) is 4.34. The summed E-state index contributed by atoms with van der Waals surface area (Å²) in [7, 11) is 1.43. The van der Waals surface area contributed by atoms with Crippen LogP contribution in [-0.2, 0) is 0 Å². The van der Waals surface area contributed by atoms with Gasteiger partial charge >= 0.3 is 0 Å². The first kappa shape index (κ1) is 13.3. The Morgan fingerprint density at radius 1 is 1.50 bits per heavy atom. The minimum absolute atomic E-state index is 0.0217. The summed E-state index contributed by atoms with van der Waals surface area (Å²) in [5.41, 5.74) is -0.0217. The van der Waals surface area contributed by atoms with E-state index in [0.29, 0.717) is 0 Å². The molecule has 5 heteroatoms. The fourth-order valence-corrected chi connectivity index (χ4v) is 2.93. The summed E-state index contributed by atoms with van der Waals surface area (Å²) >= 11 is 3.52. The number of carbonyl (C=O) groups excluding carboxylic acids is 1. The molecule has 2 atom stereocenters. The Hall–Kier alpha value is -1.10. The van der Waals surface area contributed by atoms with Crippen molar-refractivity contribution in [3.05, 3.63) is 29.6 Å². The molecule has 1 saturated carbocycles. The Balaban J connectivity index is 2.18. The molecule has 2 unspecified atom stereocenters. The lowest BCUT2D eigenvalue weighted by molar-refractivity contribution is 0.0931. The Morgan fingerprint density at radius 2 is 2.28 bits per heavy atom. The second kappa shape index (κ2) is 5.69. The van der Waals surface area contributed by atoms with Crippen LogP contribution in [0.1, 0.15) is 29.6 Å². The zero-order chi connectivity index (χ0) is 13.1. The minimum atomic E-state index is -0.559. The van der Waals surface area contributed by atoms with Crippen molar-refractivity contribution >= 4 is 21.8 Å². The van der Waals surface area contributed by atoms with Crippen LogP contribution in [0.4, 0.5) is 4.39 Å². The summed E-state index contributed by atoms with van der Waals surface area (Å²) in [5.74, 6) is -0.714. The van der Waals surface area contributed by atoms with Crippen LogP contribution in [0.2, 0.25) is 0 Å². The highest BCUT2D eigenvalue weighted by Crippen LogP contribution is 2.27. The standard InChI is InChI=1S/C13H15BrFNO2/c1-18-11-7-3-5-9(15)12(11)13(17)16-10-6-2-4-8(10)14/h3,5,7-8,10H,2,4,6H2,1H3,(H,16,17). The lowest BCUT2D eigenvalue weighted by atomic mass is 10.1. The average molecular weight is 316 g/mol. The Labute approximate surface area is 114 Å². The third-order valence-corrected chi connectivity index (χ3v) is 4.27. The van der Waals surface area contributed by atoms with Gasteiger partial charge in [0, 0.05) is 10.9 Å². The van der Waals surface area contributed by atoms with Gasteiger partial charge in [-0.2, -0.15) is 0 Å². The van der Waals surface area contributed by atoms with Crippen molar-refractivity contribution in [2.45, 2.75) is 30.1 Å². The van der Waals surface area contributed by atoms with Gasteiger partial charge < -0.3 is 10.1 Å². The average Bonchev–Trinajstić information content (AvgIpc) is 2.74. The maximum absolute atomic E-state index is 13.7. The predicted octanol–water partition coefficient (Wildman–Crippen LogP) is 2.88. The zero-order valence-electron chi connectivity index (χ0n) is 10.1. The Morgan fingerprint density at radius 3 is 2.89 bits per heavy atom. The topological polar surface area (TPSA) is 38.3 Å². The highest BCUT2D eigenvalue weighted by atomic mass is 79.9. The van der Waals surface area contributed by atoms with Crippen LogP contribution >= 0.6 is 15.9 Å². The first-order valence-electron chi connectivity index (χ1n) is 5.91. The van der Waals surface area contributed by atoms with Gasteiger partial charge in [-0.1, -0.05) is 28.4 Å². The van der Waals surface area contributed by atoms with Gasteiger partial charge in [0.25, 0.3) is 5.91 Å². The monoisotopic (exact) mass is 315 g/mol. The molecule has 3 nitrogen and oxygen atoms in total. The van der Waals surface area contributed by atoms with Crippen molar-refractivity contribution in [3.63, 3.8) is 0 Å². The van der Waals surface area contributed by atoms with Gasteiger partial charge in [-0.15, -0.1) is 0 Å². The van der Waals surface area contributed by atoms with Gasteiger partial charge in [-0.3, -0.25) is 4.79 Å². The number of halogens is 2. The van der Waals surface area contributed by atoms with Crippen molar-refractivity contribution < 1.29 is 13.9 Å². The molecule has 1 aliphatic rings. The van der Waals surface area contributed by atoms with E-state index >= 15 is 0 Å². The molecule has 1 fully saturated rings. The number of alkyl halides is 1. The van der Waals surface area contributed by atoms with E-state index in [4.69, 9.17) is 4.74 Å². The quantitative estimate of drug-likeness (QED) is 0.871. The van der Waals surface area contributed by atoms with Crippen molar-refractivity contribution in [2.24, 2.45) is 0 Å². The largest absolute Gasteiger partial charge is 0.496 e. The highest BCUT2D eigenvalue weighted by Gasteiger charge is 2.28. The fraction of sp³-hybridized carbons (Fsp3) is 0.462. The summed E-state index contributed by atoms with van der Waals surface area (Å²) in [6, 6.07) is 4.42. The molecule has 0 radical (unpaired) electrons. The van der Waals surface area contributed by atoms with E-state index in [1.165, 1.54) is 19.2 Å². The molecule has 1 N–H and O–H groups in total. The molecular weight excluding hydrogens is 301 g/mol. The molecule has 1 amide bonds. The Bertz CT molecular complexity index is 453. The van der Waals surface area contributed by atoms with E-state index in [1.807, 2.05) is 0 Å². The minimum Gasteiger partial charge on any atom is -0.496 e. The van der Waals surface area contributed by atoms with Crippen molar-refractivity contribution in [1.29, 1.82) is 0 Å². The van der Waals surface area contributed by atoms with E-state index in [1.54, 1.807) is 6.07 Å². The molecule has 98 valence electrons. The fourth-order valence-electron chi connectivity index (χ4n) is 2.21. The number of amides is 1. The van der Waals surface area contributed by atoms with E-state index in [-0.39, 0.29) is 22.2 Å². The molecule has 1 aliphatic carbocycles. The maximum atomic E-state index is 13.7. The summed E-state index contributed by atoms with van der Waals surface area (Å²) in [5, 5.41) is 2.85. The number of benzene rings is 1. The molecule has 1 aromatic carbocycles. The number of hydrogen-bond acceptors (Lipinski definition) is 2. The number of nitrogens with one attached hydrogen (secondary N) is 1. The van der Waals surface area contributed by atoms with Gasteiger partial charge in [0.15, 0.2) is 0 Å². The number of ether oxygens (including phenoxy) is 1. The van der Waals surface area contributed by atoms with Crippen LogP contribution in [0.25, 0.3) is 0 Å². The van der Waals surface area contributed by atoms with Gasteiger partial charge in [-0.05, 0) is 25.0 Å². The number of hydrogen-bond donors (Lipinski definition) is 1. The van der Waals surface area contributed by atoms with Crippen molar-refractivity contribution in [1.82, 2.24) is 5.32 Å². The van der Waals surface area contributed by atoms with Crippen LogP contribution in [0.15, 0.2) is 18.2 Å². The number of methoxy groups -OCH3 is 1. The van der Waals surface area contributed by atoms with Crippen LogP contribution in [-0.4, -0.2) is 23.9 Å². The molecule has 18 heavy (non-hydrogen) atoms. The summed E-state index contributed by atoms with van der Waals surface area (Å²) < 4.78 is 18.7. The van der Waals surface area contributed by atoms with Crippen LogP contribution in [0.5, 0.6) is 5.75 Å². The SMILES string of the molecule is COc1cccc(F)c1C(=O)NC1CCCC1Br. The second-order valence-corrected chi connectivity index (χ2v) is 5.52. The third kappa shape index (κ3) is 2.66. The molecule has 0 aliphatic heterocycles. The Kier molecular flexibility index (Phi) is 4.22. The summed E-state index contributed by atoms with van der Waals surface area (Å²) in [6.07, 6.45) is 3.01. The zero-order valence-corrected chi connectivity index (χ0v) is 11.7. The highest BCUT2D eigenvalue weighted by molar-refractivity contribution is 9.09. The first-order valence-corrected chi connectivity index (χ1v) is 6.82. The lowest BCUT2D eigenvalue weighted by Gasteiger charge is -2.17. The molecule has 1 aromatic rings. The maximum Gasteiger partial charge on any atom is 0.258 e. The first-order chi connectivity index (χ1) is 8.63. The molecule has 0 spiro atoms. The molecular formula is C13H15BrFNO2. The summed E-state index contributed by atoms with van der Waals surface area (Å²) in [4.78, 5) is 12.4. The normalized spacial score (nSPS) is 22.8. The third-order valence-electron chi connectivity index (χ3n) is 3.17. The molecule has 0 heterocycles. The molecule has 2 rings (SSSR count). The van der Waals surface area contributed by atoms with E-state index in [0.717, 1.165) is 19.3 Å². The molecule has 0 bridgehead atoms. The van der Waals surface area contributed by atoms with Gasteiger partial charge in [0.2, 0.25) is 0 Å². The van der Waals surface area contributed by atoms with Gasteiger partial charge in [0.05, 0.1) is 7.11 Å². The van der Waals surface area contributed by atoms with Crippen molar-refractivity contribution in [3.8, 4) is 5.75 Å². The van der Waals surface area contributed by atoms with E-state index in [9.17, 15) is 9.18 Å².